The van der Waals surface area contributed by atoms with Crippen LogP contribution in [0.25, 0.3) is 10.9 Å². The number of benzene rings is 1. The predicted molar refractivity (Wildman–Crippen MR) is 64.1 cm³/mol. The highest BCUT2D eigenvalue weighted by Gasteiger charge is 2.07. The summed E-state index contributed by atoms with van der Waals surface area (Å²) in [5.74, 6) is 0.756. The number of nitrogens with zero attached hydrogens (tertiary/aromatic N) is 1. The highest BCUT2D eigenvalue weighted by Crippen LogP contribution is 2.25. The smallest absolute Gasteiger partial charge is 0.152 e. The van der Waals surface area contributed by atoms with E-state index in [9.17, 15) is 4.79 Å². The average Bonchev–Trinajstić information content (AvgIpc) is 2.67. The van der Waals surface area contributed by atoms with E-state index in [1.807, 2.05) is 29.0 Å². The summed E-state index contributed by atoms with van der Waals surface area (Å²) in [5, 5.41) is 0.913. The molecule has 82 valence electrons. The molecular formula is C13H13NO2. The number of carbonyl (C=O) groups is 1. The van der Waals surface area contributed by atoms with Crippen LogP contribution in [0.1, 0.15) is 10.4 Å². The first-order valence-corrected chi connectivity index (χ1v) is 5.03. The highest BCUT2D eigenvalue weighted by molar-refractivity contribution is 5.98. The van der Waals surface area contributed by atoms with Gasteiger partial charge in [-0.2, -0.15) is 0 Å². The zero-order valence-corrected chi connectivity index (χ0v) is 9.14. The number of rotatable bonds is 4. The minimum Gasteiger partial charge on any atom is -0.497 e. The van der Waals surface area contributed by atoms with Gasteiger partial charge in [0.15, 0.2) is 6.29 Å². The molecular weight excluding hydrogens is 202 g/mol. The van der Waals surface area contributed by atoms with Crippen LogP contribution in [0.3, 0.4) is 0 Å². The van der Waals surface area contributed by atoms with E-state index in [-0.39, 0.29) is 0 Å². The van der Waals surface area contributed by atoms with Crippen molar-refractivity contribution in [3.05, 3.63) is 42.6 Å². The molecule has 16 heavy (non-hydrogen) atoms. The average molecular weight is 215 g/mol. The molecule has 2 aromatic rings. The second-order valence-electron chi connectivity index (χ2n) is 3.53. The Kier molecular flexibility index (Phi) is 2.77. The van der Waals surface area contributed by atoms with Gasteiger partial charge in [-0.3, -0.25) is 4.79 Å². The van der Waals surface area contributed by atoms with Crippen LogP contribution in [-0.4, -0.2) is 18.0 Å². The molecule has 0 radical (unpaired) electrons. The second kappa shape index (κ2) is 4.23. The van der Waals surface area contributed by atoms with E-state index < -0.39 is 0 Å². The fraction of sp³-hybridized carbons (Fsp3) is 0.154. The third-order valence-electron chi connectivity index (χ3n) is 2.57. The SMILES string of the molecule is C=CCn1cc(C=O)c2cc(OC)ccc21. The summed E-state index contributed by atoms with van der Waals surface area (Å²) in [6.07, 6.45) is 4.50. The molecule has 0 atom stereocenters. The van der Waals surface area contributed by atoms with E-state index in [2.05, 4.69) is 6.58 Å². The minimum absolute atomic E-state index is 0.677. The van der Waals surface area contributed by atoms with Crippen molar-refractivity contribution in [1.29, 1.82) is 0 Å². The third-order valence-corrected chi connectivity index (χ3v) is 2.57. The van der Waals surface area contributed by atoms with Crippen molar-refractivity contribution < 1.29 is 9.53 Å². The molecule has 1 heterocycles. The van der Waals surface area contributed by atoms with Crippen LogP contribution in [0.15, 0.2) is 37.1 Å². The van der Waals surface area contributed by atoms with Crippen LogP contribution in [0.2, 0.25) is 0 Å². The van der Waals surface area contributed by atoms with E-state index >= 15 is 0 Å². The molecule has 0 amide bonds. The molecule has 0 N–H and O–H groups in total. The molecule has 3 nitrogen and oxygen atoms in total. The minimum atomic E-state index is 0.677. The fourth-order valence-electron chi connectivity index (χ4n) is 1.81. The monoisotopic (exact) mass is 215 g/mol. The fourth-order valence-corrected chi connectivity index (χ4v) is 1.81. The van der Waals surface area contributed by atoms with E-state index in [4.69, 9.17) is 4.74 Å². The summed E-state index contributed by atoms with van der Waals surface area (Å²) in [4.78, 5) is 11.0. The lowest BCUT2D eigenvalue weighted by atomic mass is 10.2. The summed E-state index contributed by atoms with van der Waals surface area (Å²) in [6.45, 7) is 4.39. The lowest BCUT2D eigenvalue weighted by Crippen LogP contribution is -1.91. The van der Waals surface area contributed by atoms with Crippen LogP contribution < -0.4 is 4.74 Å². The van der Waals surface area contributed by atoms with Crippen LogP contribution in [-0.2, 0) is 6.54 Å². The molecule has 0 saturated heterocycles. The normalized spacial score (nSPS) is 10.3. The maximum absolute atomic E-state index is 11.0. The molecule has 1 aromatic carbocycles. The Labute approximate surface area is 93.9 Å². The van der Waals surface area contributed by atoms with E-state index in [1.165, 1.54) is 0 Å². The second-order valence-corrected chi connectivity index (χ2v) is 3.53. The molecule has 0 spiro atoms. The molecule has 0 fully saturated rings. The van der Waals surface area contributed by atoms with Gasteiger partial charge in [0, 0.05) is 29.2 Å². The first-order valence-electron chi connectivity index (χ1n) is 5.03. The van der Waals surface area contributed by atoms with Crippen molar-refractivity contribution in [3.63, 3.8) is 0 Å². The number of carbonyl (C=O) groups excluding carboxylic acids is 1. The zero-order chi connectivity index (χ0) is 11.5. The topological polar surface area (TPSA) is 31.2 Å². The molecule has 3 heteroatoms. The molecule has 0 aliphatic carbocycles. The molecule has 2 rings (SSSR count). The van der Waals surface area contributed by atoms with Gasteiger partial charge in [-0.1, -0.05) is 6.08 Å². The van der Waals surface area contributed by atoms with Gasteiger partial charge in [0.05, 0.1) is 7.11 Å². The van der Waals surface area contributed by atoms with E-state index in [1.54, 1.807) is 13.2 Å². The Hall–Kier alpha value is -2.03. The Balaban J connectivity index is 2.68. The molecule has 0 aliphatic rings. The lowest BCUT2D eigenvalue weighted by Gasteiger charge is -2.02. The Morgan fingerprint density at radius 3 is 2.94 bits per heavy atom. The van der Waals surface area contributed by atoms with Crippen molar-refractivity contribution >= 4 is 17.2 Å². The van der Waals surface area contributed by atoms with E-state index in [0.717, 1.165) is 22.9 Å². The molecule has 0 aliphatic heterocycles. The molecule has 0 bridgehead atoms. The van der Waals surface area contributed by atoms with Crippen LogP contribution in [0.4, 0.5) is 0 Å². The van der Waals surface area contributed by atoms with E-state index in [0.29, 0.717) is 12.1 Å². The largest absolute Gasteiger partial charge is 0.497 e. The number of ether oxygens (including phenoxy) is 1. The van der Waals surface area contributed by atoms with Gasteiger partial charge < -0.3 is 9.30 Å². The number of hydrogen-bond donors (Lipinski definition) is 0. The molecule has 0 saturated carbocycles. The van der Waals surface area contributed by atoms with Gasteiger partial charge >= 0.3 is 0 Å². The quantitative estimate of drug-likeness (QED) is 0.580. The van der Waals surface area contributed by atoms with Gasteiger partial charge in [0.25, 0.3) is 0 Å². The molecule has 0 unspecified atom stereocenters. The van der Waals surface area contributed by atoms with Crippen molar-refractivity contribution in [2.24, 2.45) is 0 Å². The molecule has 1 aromatic heterocycles. The number of allylic oxidation sites excluding steroid dienone is 1. The number of hydrogen-bond acceptors (Lipinski definition) is 2. The van der Waals surface area contributed by atoms with Crippen molar-refractivity contribution in [2.75, 3.05) is 7.11 Å². The number of methoxy groups -OCH3 is 1. The first kappa shape index (κ1) is 10.5. The van der Waals surface area contributed by atoms with Gasteiger partial charge in [0.1, 0.15) is 5.75 Å². The zero-order valence-electron chi connectivity index (χ0n) is 9.14. The number of aromatic nitrogens is 1. The van der Waals surface area contributed by atoms with Gasteiger partial charge in [0.2, 0.25) is 0 Å². The Morgan fingerprint density at radius 1 is 1.50 bits per heavy atom. The maximum Gasteiger partial charge on any atom is 0.152 e. The summed E-state index contributed by atoms with van der Waals surface area (Å²) >= 11 is 0. The summed E-state index contributed by atoms with van der Waals surface area (Å²) < 4.78 is 7.14. The summed E-state index contributed by atoms with van der Waals surface area (Å²) in [7, 11) is 1.61. The van der Waals surface area contributed by atoms with Gasteiger partial charge in [-0.05, 0) is 18.2 Å². The Bertz CT molecular complexity index is 540. The number of aldehydes is 1. The van der Waals surface area contributed by atoms with Crippen molar-refractivity contribution in [2.45, 2.75) is 6.54 Å². The predicted octanol–water partition coefficient (Wildman–Crippen LogP) is 2.65. The van der Waals surface area contributed by atoms with Gasteiger partial charge in [-0.15, -0.1) is 6.58 Å². The van der Waals surface area contributed by atoms with Crippen LogP contribution >= 0.6 is 0 Å². The van der Waals surface area contributed by atoms with Crippen molar-refractivity contribution in [1.82, 2.24) is 4.57 Å². The Morgan fingerprint density at radius 2 is 2.31 bits per heavy atom. The summed E-state index contributed by atoms with van der Waals surface area (Å²) in [5.41, 5.74) is 1.69. The maximum atomic E-state index is 11.0. The van der Waals surface area contributed by atoms with Gasteiger partial charge in [-0.25, -0.2) is 0 Å². The summed E-state index contributed by atoms with van der Waals surface area (Å²) in [6, 6.07) is 5.71. The highest BCUT2D eigenvalue weighted by atomic mass is 16.5. The van der Waals surface area contributed by atoms with Crippen LogP contribution in [0, 0.1) is 0 Å². The van der Waals surface area contributed by atoms with Crippen molar-refractivity contribution in [3.8, 4) is 5.75 Å². The first-order chi connectivity index (χ1) is 7.80. The number of fused-ring (bicyclic) bond motifs is 1. The van der Waals surface area contributed by atoms with Crippen LogP contribution in [0.5, 0.6) is 5.75 Å². The standard InChI is InChI=1S/C13H13NO2/c1-3-6-14-8-10(9-15)12-7-11(16-2)4-5-13(12)14/h3-5,7-9H,1,6H2,2H3. The lowest BCUT2D eigenvalue weighted by molar-refractivity contribution is 0.112. The third kappa shape index (κ3) is 1.60.